The summed E-state index contributed by atoms with van der Waals surface area (Å²) in [6.07, 6.45) is 2.30. The van der Waals surface area contributed by atoms with Crippen molar-refractivity contribution >= 4 is 30.6 Å². The molecule has 1 saturated heterocycles. The molecule has 1 fully saturated rings. The number of hydrogen-bond donors (Lipinski definition) is 1. The van der Waals surface area contributed by atoms with Crippen molar-refractivity contribution in [1.82, 2.24) is 15.3 Å². The van der Waals surface area contributed by atoms with Gasteiger partial charge in [-0.3, -0.25) is 0 Å². The van der Waals surface area contributed by atoms with Crippen molar-refractivity contribution in [2.24, 2.45) is 0 Å². The summed E-state index contributed by atoms with van der Waals surface area (Å²) in [5.74, 6) is 2.00. The lowest BCUT2D eigenvalue weighted by Crippen LogP contribution is -2.53. The van der Waals surface area contributed by atoms with Gasteiger partial charge in [0.1, 0.15) is 11.6 Å². The third-order valence-corrected chi connectivity index (χ3v) is 4.75. The number of ether oxygens (including phenoxy) is 1. The molecule has 2 aromatic rings. The number of anilines is 1. The number of nitrogens with zero attached hydrogens (tertiary/aromatic N) is 3. The van der Waals surface area contributed by atoms with Gasteiger partial charge in [-0.05, 0) is 25.5 Å². The Morgan fingerprint density at radius 1 is 1.08 bits per heavy atom. The Kier molecular flexibility index (Phi) is 7.65. The van der Waals surface area contributed by atoms with Crippen molar-refractivity contribution in [3.05, 3.63) is 53.0 Å². The minimum absolute atomic E-state index is 0. The molecule has 1 N–H and O–H groups in total. The number of aryl methyl sites for hydroxylation is 1. The van der Waals surface area contributed by atoms with E-state index >= 15 is 0 Å². The van der Waals surface area contributed by atoms with Gasteiger partial charge in [0.2, 0.25) is 0 Å². The molecule has 3 heterocycles. The molecule has 0 spiro atoms. The molecule has 0 amide bonds. The molecule has 0 unspecified atom stereocenters. The zero-order valence-corrected chi connectivity index (χ0v) is 16.6. The van der Waals surface area contributed by atoms with E-state index in [1.165, 1.54) is 16.8 Å². The van der Waals surface area contributed by atoms with Gasteiger partial charge in [0, 0.05) is 31.6 Å². The number of hydrogen-bond acceptors (Lipinski definition) is 5. The summed E-state index contributed by atoms with van der Waals surface area (Å²) in [5, 5.41) is 3.45. The second kappa shape index (κ2) is 9.51. The largest absolute Gasteiger partial charge is 0.370 e. The Balaban J connectivity index is 0.00000121. The topological polar surface area (TPSA) is 50.3 Å². The van der Waals surface area contributed by atoms with Crippen molar-refractivity contribution in [3.63, 3.8) is 0 Å². The second-order valence-corrected chi connectivity index (χ2v) is 6.59. The first-order valence-corrected chi connectivity index (χ1v) is 8.77. The van der Waals surface area contributed by atoms with Crippen LogP contribution in [0.4, 0.5) is 5.82 Å². The maximum absolute atomic E-state index is 6.02. The van der Waals surface area contributed by atoms with E-state index in [4.69, 9.17) is 9.72 Å². The minimum atomic E-state index is 0. The molecule has 26 heavy (non-hydrogen) atoms. The fourth-order valence-corrected chi connectivity index (χ4v) is 3.41. The van der Waals surface area contributed by atoms with E-state index in [-0.39, 0.29) is 24.8 Å². The quantitative estimate of drug-likeness (QED) is 0.860. The molecule has 1 aromatic carbocycles. The Morgan fingerprint density at radius 2 is 1.81 bits per heavy atom. The summed E-state index contributed by atoms with van der Waals surface area (Å²) in [6.45, 7) is 6.53. The van der Waals surface area contributed by atoms with E-state index in [9.17, 15) is 0 Å². The maximum atomic E-state index is 6.02. The summed E-state index contributed by atoms with van der Waals surface area (Å²) in [6, 6.07) is 10.4. The Bertz CT molecular complexity index is 708. The van der Waals surface area contributed by atoms with E-state index in [1.807, 2.05) is 13.0 Å². The van der Waals surface area contributed by atoms with Crippen molar-refractivity contribution in [1.29, 1.82) is 0 Å². The third kappa shape index (κ3) is 4.65. The highest BCUT2D eigenvalue weighted by molar-refractivity contribution is 5.85. The smallest absolute Gasteiger partial charge is 0.135 e. The zero-order chi connectivity index (χ0) is 16.4. The normalized spacial score (nSPS) is 16.6. The summed E-state index contributed by atoms with van der Waals surface area (Å²) < 4.78 is 6.02. The van der Waals surface area contributed by atoms with E-state index in [0.29, 0.717) is 12.7 Å². The standard InChI is InChI=1S/C19H24N4O.2ClH/c1-14-21-18-8-10-20-9-7-17(18)19(22-14)23-11-16(12-23)24-13-15-5-3-2-4-6-15;;/h2-6,16,20H,7-13H2,1H3;2*1H. The molecule has 0 saturated carbocycles. The molecule has 0 aliphatic carbocycles. The van der Waals surface area contributed by atoms with E-state index in [0.717, 1.165) is 50.7 Å². The van der Waals surface area contributed by atoms with Crippen LogP contribution in [0.1, 0.15) is 22.6 Å². The zero-order valence-electron chi connectivity index (χ0n) is 15.0. The van der Waals surface area contributed by atoms with Crippen LogP contribution in [-0.4, -0.2) is 42.3 Å². The van der Waals surface area contributed by atoms with Crippen molar-refractivity contribution in [3.8, 4) is 0 Å². The van der Waals surface area contributed by atoms with Crippen LogP contribution in [0.15, 0.2) is 30.3 Å². The molecule has 4 rings (SSSR count). The molecule has 7 heteroatoms. The predicted molar refractivity (Wildman–Crippen MR) is 109 cm³/mol. The summed E-state index contributed by atoms with van der Waals surface area (Å²) in [7, 11) is 0. The lowest BCUT2D eigenvalue weighted by molar-refractivity contribution is 0.0220. The molecule has 1 aromatic heterocycles. The Hall–Kier alpha value is -1.40. The highest BCUT2D eigenvalue weighted by Gasteiger charge is 2.31. The molecule has 2 aliphatic heterocycles. The first-order chi connectivity index (χ1) is 11.8. The van der Waals surface area contributed by atoms with Gasteiger partial charge in [0.05, 0.1) is 18.4 Å². The minimum Gasteiger partial charge on any atom is -0.370 e. The SMILES string of the molecule is Cc1nc2c(c(N3CC(OCc4ccccc4)C3)n1)CCNCC2.Cl.Cl. The molecule has 5 nitrogen and oxygen atoms in total. The molecule has 2 aliphatic rings. The van der Waals surface area contributed by atoms with Crippen LogP contribution in [-0.2, 0) is 24.2 Å². The predicted octanol–water partition coefficient (Wildman–Crippen LogP) is 2.72. The van der Waals surface area contributed by atoms with Gasteiger partial charge >= 0.3 is 0 Å². The van der Waals surface area contributed by atoms with Gasteiger partial charge in [-0.2, -0.15) is 0 Å². The monoisotopic (exact) mass is 396 g/mol. The fraction of sp³-hybridized carbons (Fsp3) is 0.474. The van der Waals surface area contributed by atoms with Crippen LogP contribution in [0.2, 0.25) is 0 Å². The number of rotatable bonds is 4. The maximum Gasteiger partial charge on any atom is 0.135 e. The summed E-state index contributed by atoms with van der Waals surface area (Å²) in [4.78, 5) is 11.7. The van der Waals surface area contributed by atoms with Gasteiger partial charge < -0.3 is 15.0 Å². The highest BCUT2D eigenvalue weighted by Crippen LogP contribution is 2.28. The van der Waals surface area contributed by atoms with Gasteiger partial charge in [-0.25, -0.2) is 9.97 Å². The molecular weight excluding hydrogens is 371 g/mol. The number of aromatic nitrogens is 2. The average Bonchev–Trinajstić information content (AvgIpc) is 2.79. The van der Waals surface area contributed by atoms with Crippen LogP contribution >= 0.6 is 24.8 Å². The number of benzene rings is 1. The van der Waals surface area contributed by atoms with Gasteiger partial charge in [0.25, 0.3) is 0 Å². The van der Waals surface area contributed by atoms with Gasteiger partial charge in [-0.1, -0.05) is 30.3 Å². The summed E-state index contributed by atoms with van der Waals surface area (Å²) in [5.41, 5.74) is 3.78. The lowest BCUT2D eigenvalue weighted by atomic mass is 10.1. The van der Waals surface area contributed by atoms with Crippen LogP contribution in [0.3, 0.4) is 0 Å². The fourth-order valence-electron chi connectivity index (χ4n) is 3.41. The average molecular weight is 397 g/mol. The first kappa shape index (κ1) is 20.9. The van der Waals surface area contributed by atoms with Crippen LogP contribution in [0.25, 0.3) is 0 Å². The molecule has 142 valence electrons. The first-order valence-electron chi connectivity index (χ1n) is 8.77. The van der Waals surface area contributed by atoms with Gasteiger partial charge in [-0.15, -0.1) is 24.8 Å². The third-order valence-electron chi connectivity index (χ3n) is 4.75. The Labute approximate surface area is 167 Å². The molecular formula is C19H26Cl2N4O. The molecule has 0 atom stereocenters. The molecule has 0 bridgehead atoms. The van der Waals surface area contributed by atoms with Crippen LogP contribution < -0.4 is 10.2 Å². The number of halogens is 2. The van der Waals surface area contributed by atoms with Crippen molar-refractivity contribution < 1.29 is 4.74 Å². The molecule has 0 radical (unpaired) electrons. The van der Waals surface area contributed by atoms with E-state index in [1.54, 1.807) is 0 Å². The Morgan fingerprint density at radius 3 is 2.58 bits per heavy atom. The van der Waals surface area contributed by atoms with E-state index in [2.05, 4.69) is 39.5 Å². The number of fused-ring (bicyclic) bond motifs is 1. The lowest BCUT2D eigenvalue weighted by Gasteiger charge is -2.41. The van der Waals surface area contributed by atoms with Crippen LogP contribution in [0, 0.1) is 6.92 Å². The second-order valence-electron chi connectivity index (χ2n) is 6.59. The van der Waals surface area contributed by atoms with Crippen molar-refractivity contribution in [2.45, 2.75) is 32.5 Å². The number of nitrogens with one attached hydrogen (secondary N) is 1. The van der Waals surface area contributed by atoms with Gasteiger partial charge in [0.15, 0.2) is 0 Å². The van der Waals surface area contributed by atoms with Crippen molar-refractivity contribution in [2.75, 3.05) is 31.1 Å². The summed E-state index contributed by atoms with van der Waals surface area (Å²) >= 11 is 0. The highest BCUT2D eigenvalue weighted by atomic mass is 35.5. The van der Waals surface area contributed by atoms with Crippen LogP contribution in [0.5, 0.6) is 0 Å². The van der Waals surface area contributed by atoms with E-state index < -0.39 is 0 Å².